The average molecular weight is 466 g/mol. The van der Waals surface area contributed by atoms with Crippen LogP contribution in [0.1, 0.15) is 36.9 Å². The third-order valence-corrected chi connectivity index (χ3v) is 5.43. The van der Waals surface area contributed by atoms with Crippen LogP contribution in [0.5, 0.6) is 11.5 Å². The average Bonchev–Trinajstić information content (AvgIpc) is 3.11. The second-order valence-electron chi connectivity index (χ2n) is 7.88. The molecule has 1 heterocycles. The first-order valence-corrected chi connectivity index (χ1v) is 11.4. The van der Waals surface area contributed by atoms with Crippen molar-refractivity contribution in [1.29, 1.82) is 0 Å². The summed E-state index contributed by atoms with van der Waals surface area (Å²) >= 11 is 0. The zero-order valence-electron chi connectivity index (χ0n) is 19.7. The predicted octanol–water partition coefficient (Wildman–Crippen LogP) is 4.50. The highest BCUT2D eigenvalue weighted by atomic mass is 16.5. The molecule has 1 fully saturated rings. The van der Waals surface area contributed by atoms with E-state index in [1.165, 1.54) is 4.90 Å². The summed E-state index contributed by atoms with van der Waals surface area (Å²) in [6.07, 6.45) is 3.07. The Morgan fingerprint density at radius 2 is 1.85 bits per heavy atom. The number of nitrogens with zero attached hydrogens (tertiary/aromatic N) is 1. The molecule has 0 aliphatic carbocycles. The van der Waals surface area contributed by atoms with E-state index in [4.69, 9.17) is 14.2 Å². The Labute approximate surface area is 200 Å². The van der Waals surface area contributed by atoms with Crippen LogP contribution in [0, 0.1) is 0 Å². The minimum absolute atomic E-state index is 0.0468. The number of carbonyl (C=O) groups excluding carboxylic acids is 2. The molecular weight excluding hydrogens is 434 g/mol. The second-order valence-corrected chi connectivity index (χ2v) is 7.88. The maximum absolute atomic E-state index is 13.1. The van der Waals surface area contributed by atoms with Gasteiger partial charge in [0.1, 0.15) is 23.9 Å². The van der Waals surface area contributed by atoms with Gasteiger partial charge in [0, 0.05) is 25.8 Å². The lowest BCUT2D eigenvalue weighted by atomic mass is 9.95. The number of likely N-dealkylation sites (tertiary alicyclic amines) is 1. The number of rotatable bonds is 12. The van der Waals surface area contributed by atoms with Crippen LogP contribution in [0.4, 0.5) is 0 Å². The number of amides is 1. The van der Waals surface area contributed by atoms with Gasteiger partial charge in [0.05, 0.1) is 18.2 Å². The molecule has 0 radical (unpaired) electrons. The number of methoxy groups -OCH3 is 1. The van der Waals surface area contributed by atoms with Crippen LogP contribution in [-0.4, -0.2) is 55.2 Å². The zero-order valence-corrected chi connectivity index (χ0v) is 19.7. The number of ketones is 1. The van der Waals surface area contributed by atoms with Gasteiger partial charge in [0.25, 0.3) is 11.7 Å². The molecule has 34 heavy (non-hydrogen) atoms. The lowest BCUT2D eigenvalue weighted by molar-refractivity contribution is -0.140. The molecule has 0 spiro atoms. The zero-order chi connectivity index (χ0) is 24.5. The third kappa shape index (κ3) is 5.66. The Morgan fingerprint density at radius 1 is 1.09 bits per heavy atom. The number of carbonyl (C=O) groups is 2. The fourth-order valence-electron chi connectivity index (χ4n) is 3.85. The van der Waals surface area contributed by atoms with Gasteiger partial charge >= 0.3 is 0 Å². The van der Waals surface area contributed by atoms with Gasteiger partial charge in [-0.25, -0.2) is 0 Å². The summed E-state index contributed by atoms with van der Waals surface area (Å²) in [6, 6.07) is 13.3. The first-order valence-electron chi connectivity index (χ1n) is 11.4. The Hall–Kier alpha value is -3.58. The molecule has 1 saturated heterocycles. The van der Waals surface area contributed by atoms with Crippen molar-refractivity contribution in [3.8, 4) is 11.5 Å². The molecule has 1 amide bonds. The molecule has 1 aliphatic rings. The SMILES string of the molecule is C=CCOc1cccc(C2C(=C(O)c3ccc(OCCC)cc3)C(=O)C(=O)N2CCCOC)c1. The number of hydrogen-bond acceptors (Lipinski definition) is 6. The number of aliphatic hydroxyl groups excluding tert-OH is 1. The second kappa shape index (κ2) is 12.0. The highest BCUT2D eigenvalue weighted by Gasteiger charge is 2.45. The van der Waals surface area contributed by atoms with Crippen LogP contribution in [0.15, 0.2) is 66.8 Å². The number of hydrogen-bond donors (Lipinski definition) is 1. The first-order chi connectivity index (χ1) is 16.5. The van der Waals surface area contributed by atoms with E-state index in [0.29, 0.717) is 55.4 Å². The van der Waals surface area contributed by atoms with Gasteiger partial charge in [0.15, 0.2) is 0 Å². The Balaban J connectivity index is 2.04. The Bertz CT molecular complexity index is 1040. The van der Waals surface area contributed by atoms with E-state index in [1.807, 2.05) is 13.0 Å². The van der Waals surface area contributed by atoms with Gasteiger partial charge in [-0.1, -0.05) is 31.7 Å². The Kier molecular flexibility index (Phi) is 8.87. The fraction of sp³-hybridized carbons (Fsp3) is 0.333. The van der Waals surface area contributed by atoms with Gasteiger partial charge in [-0.05, 0) is 54.8 Å². The fourth-order valence-corrected chi connectivity index (χ4v) is 3.85. The quantitative estimate of drug-likeness (QED) is 0.163. The summed E-state index contributed by atoms with van der Waals surface area (Å²) in [4.78, 5) is 27.6. The van der Waals surface area contributed by atoms with Crippen molar-refractivity contribution in [3.63, 3.8) is 0 Å². The van der Waals surface area contributed by atoms with Gasteiger partial charge in [0.2, 0.25) is 0 Å². The molecule has 1 aliphatic heterocycles. The van der Waals surface area contributed by atoms with Gasteiger partial charge < -0.3 is 24.2 Å². The summed E-state index contributed by atoms with van der Waals surface area (Å²) in [5.74, 6) is -0.344. The lowest BCUT2D eigenvalue weighted by Crippen LogP contribution is -2.31. The van der Waals surface area contributed by atoms with E-state index >= 15 is 0 Å². The van der Waals surface area contributed by atoms with Crippen LogP contribution in [0.25, 0.3) is 5.76 Å². The maximum Gasteiger partial charge on any atom is 0.295 e. The minimum atomic E-state index is -0.750. The van der Waals surface area contributed by atoms with Crippen molar-refractivity contribution in [3.05, 3.63) is 77.9 Å². The highest BCUT2D eigenvalue weighted by Crippen LogP contribution is 2.40. The summed E-state index contributed by atoms with van der Waals surface area (Å²) < 4.78 is 16.4. The summed E-state index contributed by atoms with van der Waals surface area (Å²) in [5.41, 5.74) is 1.15. The van der Waals surface area contributed by atoms with Gasteiger partial charge in [-0.2, -0.15) is 0 Å². The van der Waals surface area contributed by atoms with Gasteiger partial charge in [-0.15, -0.1) is 0 Å². The molecule has 1 N–H and O–H groups in total. The summed E-state index contributed by atoms with van der Waals surface area (Å²) in [7, 11) is 1.58. The van der Waals surface area contributed by atoms with Gasteiger partial charge in [-0.3, -0.25) is 9.59 Å². The predicted molar refractivity (Wildman–Crippen MR) is 130 cm³/mol. The number of Topliss-reactive ketones (excluding diaryl/α,β-unsaturated/α-hetero) is 1. The summed E-state index contributed by atoms with van der Waals surface area (Å²) in [5, 5.41) is 11.2. The standard InChI is InChI=1S/C27H31NO6/c1-4-15-33-21-12-10-19(11-13-21)25(29)23-24(20-8-6-9-22(18-20)34-16-5-2)28(14-7-17-32-3)27(31)26(23)30/h5-6,8-13,18,24,29H,2,4,7,14-17H2,1,3H3. The number of aliphatic hydroxyl groups is 1. The van der Waals surface area contributed by atoms with Crippen molar-refractivity contribution < 1.29 is 28.9 Å². The molecule has 0 saturated carbocycles. The molecule has 1 atom stereocenters. The van der Waals surface area contributed by atoms with E-state index in [9.17, 15) is 14.7 Å². The molecule has 2 aromatic rings. The molecule has 7 nitrogen and oxygen atoms in total. The van der Waals surface area contributed by atoms with E-state index in [2.05, 4.69) is 6.58 Å². The van der Waals surface area contributed by atoms with Crippen LogP contribution in [0.2, 0.25) is 0 Å². The van der Waals surface area contributed by atoms with Crippen molar-refractivity contribution in [1.82, 2.24) is 4.90 Å². The van der Waals surface area contributed by atoms with Crippen molar-refractivity contribution in [2.45, 2.75) is 25.8 Å². The molecule has 0 bridgehead atoms. The molecular formula is C27H31NO6. The molecule has 0 aromatic heterocycles. The van der Waals surface area contributed by atoms with E-state index in [0.717, 1.165) is 6.42 Å². The number of ether oxygens (including phenoxy) is 3. The van der Waals surface area contributed by atoms with Crippen LogP contribution >= 0.6 is 0 Å². The summed E-state index contributed by atoms with van der Waals surface area (Å²) in [6.45, 7) is 7.33. The normalized spacial score (nSPS) is 17.1. The molecule has 1 unspecified atom stereocenters. The molecule has 3 rings (SSSR count). The maximum atomic E-state index is 13.1. The van der Waals surface area contributed by atoms with Crippen LogP contribution in [0.3, 0.4) is 0 Å². The van der Waals surface area contributed by atoms with Crippen molar-refractivity contribution in [2.24, 2.45) is 0 Å². The monoisotopic (exact) mass is 465 g/mol. The third-order valence-electron chi connectivity index (χ3n) is 5.43. The Morgan fingerprint density at radius 3 is 2.53 bits per heavy atom. The van der Waals surface area contributed by atoms with E-state index in [-0.39, 0.29) is 11.3 Å². The molecule has 2 aromatic carbocycles. The molecule has 7 heteroatoms. The highest BCUT2D eigenvalue weighted by molar-refractivity contribution is 6.46. The van der Waals surface area contributed by atoms with Crippen molar-refractivity contribution in [2.75, 3.05) is 33.5 Å². The first kappa shape index (κ1) is 25.1. The van der Waals surface area contributed by atoms with Crippen LogP contribution in [-0.2, 0) is 14.3 Å². The van der Waals surface area contributed by atoms with Crippen molar-refractivity contribution >= 4 is 17.4 Å². The smallest absolute Gasteiger partial charge is 0.295 e. The van der Waals surface area contributed by atoms with E-state index < -0.39 is 17.7 Å². The number of benzene rings is 2. The molecule has 180 valence electrons. The minimum Gasteiger partial charge on any atom is -0.507 e. The topological polar surface area (TPSA) is 85.3 Å². The lowest BCUT2D eigenvalue weighted by Gasteiger charge is -2.25. The largest absolute Gasteiger partial charge is 0.507 e. The van der Waals surface area contributed by atoms with Crippen LogP contribution < -0.4 is 9.47 Å². The van der Waals surface area contributed by atoms with E-state index in [1.54, 1.807) is 55.7 Å².